The fourth-order valence-corrected chi connectivity index (χ4v) is 2.47. The SMILES string of the molecule is CCOC(=O)c1ccc(-c2nc3cc(Cl)ccc3o2)cc1Cl. The number of ether oxygens (including phenoxy) is 1. The first-order chi connectivity index (χ1) is 10.6. The number of benzene rings is 2. The number of carbonyl (C=O) groups excluding carboxylic acids is 1. The largest absolute Gasteiger partial charge is 0.462 e. The molecule has 0 saturated heterocycles. The van der Waals surface area contributed by atoms with Crippen molar-refractivity contribution < 1.29 is 13.9 Å². The molecule has 0 bridgehead atoms. The van der Waals surface area contributed by atoms with Crippen molar-refractivity contribution >= 4 is 40.3 Å². The number of esters is 1. The molecule has 0 spiro atoms. The predicted molar refractivity (Wildman–Crippen MR) is 85.4 cm³/mol. The van der Waals surface area contributed by atoms with E-state index in [0.717, 1.165) is 0 Å². The Bertz CT molecular complexity index is 858. The van der Waals surface area contributed by atoms with E-state index in [9.17, 15) is 4.79 Å². The Morgan fingerprint density at radius 3 is 2.77 bits per heavy atom. The molecule has 0 aliphatic rings. The molecule has 1 aromatic heterocycles. The first-order valence-electron chi connectivity index (χ1n) is 6.61. The van der Waals surface area contributed by atoms with Crippen LogP contribution in [0.5, 0.6) is 0 Å². The molecule has 0 N–H and O–H groups in total. The van der Waals surface area contributed by atoms with E-state index in [4.69, 9.17) is 32.4 Å². The van der Waals surface area contributed by atoms with Crippen LogP contribution in [-0.4, -0.2) is 17.6 Å². The fraction of sp³-hybridized carbons (Fsp3) is 0.125. The van der Waals surface area contributed by atoms with Crippen LogP contribution in [-0.2, 0) is 4.74 Å². The lowest BCUT2D eigenvalue weighted by atomic mass is 10.1. The smallest absolute Gasteiger partial charge is 0.339 e. The number of fused-ring (bicyclic) bond motifs is 1. The topological polar surface area (TPSA) is 52.3 Å². The number of rotatable bonds is 3. The van der Waals surface area contributed by atoms with Gasteiger partial charge in [0.15, 0.2) is 5.58 Å². The highest BCUT2D eigenvalue weighted by atomic mass is 35.5. The number of carbonyl (C=O) groups is 1. The second-order valence-electron chi connectivity index (χ2n) is 4.55. The quantitative estimate of drug-likeness (QED) is 0.633. The zero-order valence-electron chi connectivity index (χ0n) is 11.6. The molecular formula is C16H11Cl2NO3. The minimum absolute atomic E-state index is 0.288. The van der Waals surface area contributed by atoms with Gasteiger partial charge >= 0.3 is 5.97 Å². The van der Waals surface area contributed by atoms with Gasteiger partial charge in [-0.2, -0.15) is 0 Å². The van der Waals surface area contributed by atoms with Gasteiger partial charge in [-0.1, -0.05) is 23.2 Å². The molecule has 0 amide bonds. The molecule has 0 fully saturated rings. The Balaban J connectivity index is 2.00. The average Bonchev–Trinajstić information content (AvgIpc) is 2.90. The molecule has 0 aliphatic carbocycles. The van der Waals surface area contributed by atoms with E-state index in [-0.39, 0.29) is 5.02 Å². The van der Waals surface area contributed by atoms with Crippen LogP contribution in [0.4, 0.5) is 0 Å². The molecule has 1 heterocycles. The lowest BCUT2D eigenvalue weighted by Crippen LogP contribution is -2.05. The summed E-state index contributed by atoms with van der Waals surface area (Å²) in [5.74, 6) is -0.0435. The molecule has 0 saturated carbocycles. The molecule has 0 aliphatic heterocycles. The summed E-state index contributed by atoms with van der Waals surface area (Å²) in [6.07, 6.45) is 0. The van der Waals surface area contributed by atoms with Gasteiger partial charge in [-0.3, -0.25) is 0 Å². The summed E-state index contributed by atoms with van der Waals surface area (Å²) in [6.45, 7) is 2.03. The van der Waals surface area contributed by atoms with Gasteiger partial charge in [-0.25, -0.2) is 9.78 Å². The lowest BCUT2D eigenvalue weighted by Gasteiger charge is -2.04. The van der Waals surface area contributed by atoms with Gasteiger partial charge in [0.25, 0.3) is 0 Å². The van der Waals surface area contributed by atoms with Crippen LogP contribution in [0.2, 0.25) is 10.0 Å². The molecule has 0 unspecified atom stereocenters. The van der Waals surface area contributed by atoms with E-state index in [2.05, 4.69) is 4.98 Å². The van der Waals surface area contributed by atoms with E-state index in [1.807, 2.05) is 0 Å². The molecule has 2 aromatic carbocycles. The Morgan fingerprint density at radius 2 is 2.05 bits per heavy atom. The van der Waals surface area contributed by atoms with Crippen LogP contribution < -0.4 is 0 Å². The van der Waals surface area contributed by atoms with Gasteiger partial charge in [0.05, 0.1) is 17.2 Å². The highest BCUT2D eigenvalue weighted by molar-refractivity contribution is 6.34. The first-order valence-corrected chi connectivity index (χ1v) is 7.37. The number of halogens is 2. The Kier molecular flexibility index (Phi) is 4.05. The molecule has 22 heavy (non-hydrogen) atoms. The summed E-state index contributed by atoms with van der Waals surface area (Å²) in [4.78, 5) is 16.1. The van der Waals surface area contributed by atoms with Crippen LogP contribution >= 0.6 is 23.2 Å². The summed E-state index contributed by atoms with van der Waals surface area (Å²) < 4.78 is 10.6. The number of hydrogen-bond donors (Lipinski definition) is 0. The van der Waals surface area contributed by atoms with Gasteiger partial charge in [0.2, 0.25) is 5.89 Å². The highest BCUT2D eigenvalue weighted by Gasteiger charge is 2.15. The fourth-order valence-electron chi connectivity index (χ4n) is 2.05. The third-order valence-corrected chi connectivity index (χ3v) is 3.61. The standard InChI is InChI=1S/C16H11Cl2NO3/c1-2-21-16(20)11-5-3-9(7-12(11)18)15-19-13-8-10(17)4-6-14(13)22-15/h3-8H,2H2,1H3. The molecule has 112 valence electrons. The van der Waals surface area contributed by atoms with Crippen molar-refractivity contribution in [3.63, 3.8) is 0 Å². The normalized spacial score (nSPS) is 10.9. The van der Waals surface area contributed by atoms with Crippen LogP contribution in [0, 0.1) is 0 Å². The lowest BCUT2D eigenvalue weighted by molar-refractivity contribution is 0.0526. The van der Waals surface area contributed by atoms with Gasteiger partial charge in [-0.15, -0.1) is 0 Å². The predicted octanol–water partition coefficient (Wildman–Crippen LogP) is 4.98. The number of aromatic nitrogens is 1. The molecule has 3 aromatic rings. The van der Waals surface area contributed by atoms with Gasteiger partial charge in [0.1, 0.15) is 5.52 Å². The summed E-state index contributed by atoms with van der Waals surface area (Å²) in [6, 6.07) is 10.1. The average molecular weight is 336 g/mol. The van der Waals surface area contributed by atoms with E-state index < -0.39 is 5.97 Å². The molecule has 0 radical (unpaired) electrons. The van der Waals surface area contributed by atoms with E-state index in [0.29, 0.717) is 39.7 Å². The van der Waals surface area contributed by atoms with Crippen LogP contribution in [0.15, 0.2) is 40.8 Å². The first kappa shape index (κ1) is 14.9. The second-order valence-corrected chi connectivity index (χ2v) is 5.39. The zero-order valence-corrected chi connectivity index (χ0v) is 13.1. The maximum atomic E-state index is 11.7. The third-order valence-electron chi connectivity index (χ3n) is 3.06. The maximum absolute atomic E-state index is 11.7. The van der Waals surface area contributed by atoms with Crippen molar-refractivity contribution in [1.29, 1.82) is 0 Å². The molecule has 4 nitrogen and oxygen atoms in total. The maximum Gasteiger partial charge on any atom is 0.339 e. The summed E-state index contributed by atoms with van der Waals surface area (Å²) in [5.41, 5.74) is 2.27. The van der Waals surface area contributed by atoms with Gasteiger partial charge < -0.3 is 9.15 Å². The van der Waals surface area contributed by atoms with E-state index >= 15 is 0 Å². The second kappa shape index (κ2) is 5.99. The van der Waals surface area contributed by atoms with Crippen molar-refractivity contribution in [1.82, 2.24) is 4.98 Å². The van der Waals surface area contributed by atoms with Crippen LogP contribution in [0.1, 0.15) is 17.3 Å². The van der Waals surface area contributed by atoms with E-state index in [1.165, 1.54) is 0 Å². The van der Waals surface area contributed by atoms with Gasteiger partial charge in [0, 0.05) is 10.6 Å². The van der Waals surface area contributed by atoms with Crippen molar-refractivity contribution in [2.45, 2.75) is 6.92 Å². The number of oxazole rings is 1. The number of hydrogen-bond acceptors (Lipinski definition) is 4. The Labute approximate surface area is 136 Å². The summed E-state index contributed by atoms with van der Waals surface area (Å²) >= 11 is 12.1. The minimum atomic E-state index is -0.455. The van der Waals surface area contributed by atoms with Crippen molar-refractivity contribution in [3.8, 4) is 11.5 Å². The van der Waals surface area contributed by atoms with Crippen molar-refractivity contribution in [3.05, 3.63) is 52.0 Å². The Morgan fingerprint density at radius 1 is 1.23 bits per heavy atom. The minimum Gasteiger partial charge on any atom is -0.462 e. The highest BCUT2D eigenvalue weighted by Crippen LogP contribution is 2.29. The van der Waals surface area contributed by atoms with Gasteiger partial charge in [-0.05, 0) is 43.3 Å². The van der Waals surface area contributed by atoms with Crippen molar-refractivity contribution in [2.75, 3.05) is 6.61 Å². The molecule has 0 atom stereocenters. The summed E-state index contributed by atoms with van der Waals surface area (Å²) in [5, 5.41) is 0.874. The van der Waals surface area contributed by atoms with Crippen LogP contribution in [0.25, 0.3) is 22.6 Å². The van der Waals surface area contributed by atoms with Crippen LogP contribution in [0.3, 0.4) is 0 Å². The third kappa shape index (κ3) is 2.80. The van der Waals surface area contributed by atoms with E-state index in [1.54, 1.807) is 43.3 Å². The molecular weight excluding hydrogens is 325 g/mol. The zero-order chi connectivity index (χ0) is 15.7. The monoisotopic (exact) mass is 335 g/mol. The summed E-state index contributed by atoms with van der Waals surface area (Å²) in [7, 11) is 0. The molecule has 6 heteroatoms. The van der Waals surface area contributed by atoms with Crippen molar-refractivity contribution in [2.24, 2.45) is 0 Å². The Hall–Kier alpha value is -2.04. The number of nitrogens with zero attached hydrogens (tertiary/aromatic N) is 1. The molecule has 3 rings (SSSR count).